The smallest absolute Gasteiger partial charge is 0.326 e. The maximum Gasteiger partial charge on any atom is 0.326 e. The fourth-order valence-corrected chi connectivity index (χ4v) is 3.74. The van der Waals surface area contributed by atoms with Gasteiger partial charge in [-0.05, 0) is 50.5 Å². The second-order valence-electron chi connectivity index (χ2n) is 5.96. The van der Waals surface area contributed by atoms with Crippen LogP contribution in [0.15, 0.2) is 0 Å². The fraction of sp³-hybridized carbons (Fsp3) is 0.929. The zero-order valence-corrected chi connectivity index (χ0v) is 11.3. The lowest BCUT2D eigenvalue weighted by molar-refractivity contribution is -0.159. The molecule has 3 aliphatic rings. The molecule has 2 aliphatic carbocycles. The van der Waals surface area contributed by atoms with Gasteiger partial charge in [-0.25, -0.2) is 0 Å². The number of ether oxygens (including phenoxy) is 1. The Kier molecular flexibility index (Phi) is 3.32. The third-order valence-corrected chi connectivity index (χ3v) is 4.78. The summed E-state index contributed by atoms with van der Waals surface area (Å²) in [5.74, 6) is 1.14. The Hall–Kier alpha value is -0.610. The van der Waals surface area contributed by atoms with Gasteiger partial charge in [0, 0.05) is 19.6 Å². The predicted octanol–water partition coefficient (Wildman–Crippen LogP) is 1.01. The third-order valence-electron chi connectivity index (χ3n) is 4.78. The van der Waals surface area contributed by atoms with Gasteiger partial charge in [0.25, 0.3) is 0 Å². The van der Waals surface area contributed by atoms with Gasteiger partial charge in [-0.15, -0.1) is 0 Å². The van der Waals surface area contributed by atoms with Crippen LogP contribution in [-0.4, -0.2) is 49.7 Å². The normalized spacial score (nSPS) is 26.7. The lowest BCUT2D eigenvalue weighted by atomic mass is 9.85. The molecular weight excluding hydrogens is 228 g/mol. The highest BCUT2D eigenvalue weighted by Gasteiger charge is 2.62. The van der Waals surface area contributed by atoms with Gasteiger partial charge >= 0.3 is 5.97 Å². The Bertz CT molecular complexity index is 304. The van der Waals surface area contributed by atoms with Crippen LogP contribution in [-0.2, 0) is 9.53 Å². The predicted molar refractivity (Wildman–Crippen MR) is 69.3 cm³/mol. The summed E-state index contributed by atoms with van der Waals surface area (Å²) in [6.07, 6.45) is 5.95. The molecule has 0 radical (unpaired) electrons. The summed E-state index contributed by atoms with van der Waals surface area (Å²) in [5, 5.41) is 3.43. The van der Waals surface area contributed by atoms with E-state index in [4.69, 9.17) is 4.74 Å². The van der Waals surface area contributed by atoms with Crippen molar-refractivity contribution in [2.24, 2.45) is 11.8 Å². The number of hydrogen-bond acceptors (Lipinski definition) is 4. The molecule has 18 heavy (non-hydrogen) atoms. The number of hydrogen-bond donors (Lipinski definition) is 1. The van der Waals surface area contributed by atoms with E-state index < -0.39 is 0 Å². The van der Waals surface area contributed by atoms with Crippen molar-refractivity contribution < 1.29 is 9.53 Å². The Morgan fingerprint density at radius 3 is 2.39 bits per heavy atom. The molecule has 4 nitrogen and oxygen atoms in total. The van der Waals surface area contributed by atoms with Crippen LogP contribution < -0.4 is 5.32 Å². The lowest BCUT2D eigenvalue weighted by Gasteiger charge is -2.42. The summed E-state index contributed by atoms with van der Waals surface area (Å²) in [6.45, 7) is 4.10. The highest BCUT2D eigenvalue weighted by Crippen LogP contribution is 2.55. The largest absolute Gasteiger partial charge is 0.468 e. The van der Waals surface area contributed by atoms with Crippen LogP contribution in [0.5, 0.6) is 0 Å². The Morgan fingerprint density at radius 1 is 1.17 bits per heavy atom. The van der Waals surface area contributed by atoms with Crippen molar-refractivity contribution in [1.29, 1.82) is 0 Å². The van der Waals surface area contributed by atoms with E-state index >= 15 is 0 Å². The SMILES string of the molecule is COC(=O)C(C1CC1)(C1CC1)N1CCCNCC1. The number of carbonyl (C=O) groups excluding carboxylic acids is 1. The molecule has 1 saturated heterocycles. The van der Waals surface area contributed by atoms with E-state index in [1.54, 1.807) is 7.11 Å². The maximum atomic E-state index is 12.5. The molecule has 1 aliphatic heterocycles. The molecule has 0 bridgehead atoms. The first-order valence-electron chi connectivity index (χ1n) is 7.34. The number of esters is 1. The first-order chi connectivity index (χ1) is 8.80. The second kappa shape index (κ2) is 4.82. The molecule has 4 heteroatoms. The zero-order chi connectivity index (χ0) is 12.6. The molecule has 0 unspecified atom stereocenters. The Morgan fingerprint density at radius 2 is 1.83 bits per heavy atom. The minimum atomic E-state index is -0.277. The van der Waals surface area contributed by atoms with Gasteiger partial charge in [0.2, 0.25) is 0 Å². The quantitative estimate of drug-likeness (QED) is 0.758. The van der Waals surface area contributed by atoms with E-state index in [2.05, 4.69) is 10.2 Å². The van der Waals surface area contributed by atoms with Gasteiger partial charge in [0.1, 0.15) is 5.54 Å². The van der Waals surface area contributed by atoms with Gasteiger partial charge in [-0.1, -0.05) is 0 Å². The van der Waals surface area contributed by atoms with Gasteiger partial charge in [-0.3, -0.25) is 9.69 Å². The van der Waals surface area contributed by atoms with Crippen LogP contribution in [0, 0.1) is 11.8 Å². The highest BCUT2D eigenvalue weighted by atomic mass is 16.5. The average molecular weight is 252 g/mol. The zero-order valence-electron chi connectivity index (χ0n) is 11.3. The molecule has 0 spiro atoms. The molecule has 0 atom stereocenters. The van der Waals surface area contributed by atoms with Gasteiger partial charge < -0.3 is 10.1 Å². The summed E-state index contributed by atoms with van der Waals surface area (Å²) < 4.78 is 5.21. The molecule has 1 heterocycles. The van der Waals surface area contributed by atoms with E-state index in [1.165, 1.54) is 25.7 Å². The van der Waals surface area contributed by atoms with Crippen molar-refractivity contribution in [3.05, 3.63) is 0 Å². The summed E-state index contributed by atoms with van der Waals surface area (Å²) in [5.41, 5.74) is -0.277. The van der Waals surface area contributed by atoms with Crippen LogP contribution in [0.2, 0.25) is 0 Å². The Balaban J connectivity index is 1.88. The van der Waals surface area contributed by atoms with Gasteiger partial charge in [-0.2, -0.15) is 0 Å². The lowest BCUT2D eigenvalue weighted by Crippen LogP contribution is -2.59. The summed E-state index contributed by atoms with van der Waals surface area (Å²) in [7, 11) is 1.55. The van der Waals surface area contributed by atoms with E-state index in [1.807, 2.05) is 0 Å². The number of nitrogens with one attached hydrogen (secondary N) is 1. The van der Waals surface area contributed by atoms with E-state index in [-0.39, 0.29) is 11.5 Å². The minimum Gasteiger partial charge on any atom is -0.468 e. The highest BCUT2D eigenvalue weighted by molar-refractivity contribution is 5.83. The molecular formula is C14H24N2O2. The number of methoxy groups -OCH3 is 1. The third kappa shape index (κ3) is 1.95. The number of rotatable bonds is 4. The number of nitrogens with zero attached hydrogens (tertiary/aromatic N) is 1. The molecule has 0 aromatic carbocycles. The number of carbonyl (C=O) groups is 1. The molecule has 0 aromatic heterocycles. The molecule has 102 valence electrons. The Labute approximate surface area is 109 Å². The maximum absolute atomic E-state index is 12.5. The topological polar surface area (TPSA) is 41.6 Å². The molecule has 3 fully saturated rings. The van der Waals surface area contributed by atoms with Crippen LogP contribution in [0.1, 0.15) is 32.1 Å². The standard InChI is InChI=1S/C14H24N2O2/c1-18-13(17)14(11-3-4-11,12-5-6-12)16-9-2-7-15-8-10-16/h11-12,15H,2-10H2,1H3. The van der Waals surface area contributed by atoms with Crippen LogP contribution in [0.25, 0.3) is 0 Å². The van der Waals surface area contributed by atoms with Crippen molar-refractivity contribution in [3.8, 4) is 0 Å². The minimum absolute atomic E-state index is 0.0365. The molecule has 1 N–H and O–H groups in total. The van der Waals surface area contributed by atoms with E-state index in [0.717, 1.165) is 32.6 Å². The van der Waals surface area contributed by atoms with Crippen LogP contribution in [0.3, 0.4) is 0 Å². The molecule has 0 aromatic rings. The van der Waals surface area contributed by atoms with Crippen molar-refractivity contribution >= 4 is 5.97 Å². The van der Waals surface area contributed by atoms with Gasteiger partial charge in [0.15, 0.2) is 0 Å². The summed E-state index contributed by atoms with van der Waals surface area (Å²) >= 11 is 0. The first-order valence-corrected chi connectivity index (χ1v) is 7.34. The molecule has 2 saturated carbocycles. The fourth-order valence-electron chi connectivity index (χ4n) is 3.74. The van der Waals surface area contributed by atoms with Crippen LogP contribution in [0.4, 0.5) is 0 Å². The second-order valence-corrected chi connectivity index (χ2v) is 5.96. The molecule has 0 amide bonds. The summed E-state index contributed by atoms with van der Waals surface area (Å²) in [6, 6.07) is 0. The first kappa shape index (κ1) is 12.4. The monoisotopic (exact) mass is 252 g/mol. The van der Waals surface area contributed by atoms with Crippen molar-refractivity contribution in [2.45, 2.75) is 37.6 Å². The average Bonchev–Trinajstić information content (AvgIpc) is 3.21. The summed E-state index contributed by atoms with van der Waals surface area (Å²) in [4.78, 5) is 15.0. The van der Waals surface area contributed by atoms with Crippen molar-refractivity contribution in [3.63, 3.8) is 0 Å². The van der Waals surface area contributed by atoms with Crippen molar-refractivity contribution in [2.75, 3.05) is 33.3 Å². The molecule has 3 rings (SSSR count). The van der Waals surface area contributed by atoms with Crippen molar-refractivity contribution in [1.82, 2.24) is 10.2 Å². The van der Waals surface area contributed by atoms with E-state index in [0.29, 0.717) is 11.8 Å². The van der Waals surface area contributed by atoms with E-state index in [9.17, 15) is 4.79 Å². The van der Waals surface area contributed by atoms with Crippen LogP contribution >= 0.6 is 0 Å². The van der Waals surface area contributed by atoms with Gasteiger partial charge in [0.05, 0.1) is 7.11 Å².